The minimum Gasteiger partial charge on any atom is -0.390 e. The topological polar surface area (TPSA) is 108 Å². The van der Waals surface area contributed by atoms with Crippen LogP contribution in [0, 0.1) is 5.92 Å². The second-order valence-electron chi connectivity index (χ2n) is 5.03. The number of nitrogens with zero attached hydrogens (tertiary/aromatic N) is 2. The fourth-order valence-electron chi connectivity index (χ4n) is 2.83. The molecule has 6 nitrogen and oxygen atoms in total. The Hall–Kier alpha value is -1.66. The molecule has 0 spiro atoms. The number of hydrogen-bond acceptors (Lipinski definition) is 5. The van der Waals surface area contributed by atoms with Crippen LogP contribution in [-0.4, -0.2) is 37.4 Å². The van der Waals surface area contributed by atoms with Crippen LogP contribution in [0.2, 0.25) is 0 Å². The first kappa shape index (κ1) is 11.4. The van der Waals surface area contributed by atoms with E-state index in [0.717, 1.165) is 17.5 Å². The van der Waals surface area contributed by atoms with Crippen molar-refractivity contribution < 1.29 is 10.2 Å². The zero-order valence-electron chi connectivity index (χ0n) is 10.0. The first-order valence-corrected chi connectivity index (χ1v) is 6.03. The third-order valence-corrected chi connectivity index (χ3v) is 3.89. The first-order valence-electron chi connectivity index (χ1n) is 6.03. The quantitative estimate of drug-likeness (QED) is 0.583. The van der Waals surface area contributed by atoms with Gasteiger partial charge in [0.15, 0.2) is 5.82 Å². The Morgan fingerprint density at radius 3 is 2.78 bits per heavy atom. The molecule has 96 valence electrons. The van der Waals surface area contributed by atoms with Crippen molar-refractivity contribution >= 4 is 16.9 Å². The smallest absolute Gasteiger partial charge is 0.151 e. The van der Waals surface area contributed by atoms with Crippen LogP contribution in [0.25, 0.3) is 11.0 Å². The van der Waals surface area contributed by atoms with E-state index in [1.807, 2.05) is 6.92 Å². The molecule has 4 atom stereocenters. The maximum atomic E-state index is 10.1. The van der Waals surface area contributed by atoms with Crippen molar-refractivity contribution in [3.05, 3.63) is 18.1 Å². The molecule has 1 aliphatic rings. The molecule has 18 heavy (non-hydrogen) atoms. The predicted octanol–water partition coefficient (Wildman–Crippen LogP) is 0.385. The molecule has 0 amide bonds. The Bertz CT molecular complexity index is 582. The molecule has 0 aliphatic heterocycles. The van der Waals surface area contributed by atoms with Gasteiger partial charge < -0.3 is 20.9 Å². The zero-order valence-corrected chi connectivity index (χ0v) is 10.0. The van der Waals surface area contributed by atoms with Gasteiger partial charge in [-0.1, -0.05) is 6.92 Å². The van der Waals surface area contributed by atoms with Crippen LogP contribution in [0.1, 0.15) is 24.8 Å². The molecule has 1 saturated carbocycles. The number of fused-ring (bicyclic) bond motifs is 1. The van der Waals surface area contributed by atoms with Gasteiger partial charge >= 0.3 is 0 Å². The van der Waals surface area contributed by atoms with E-state index in [-0.39, 0.29) is 11.8 Å². The lowest BCUT2D eigenvalue weighted by Gasteiger charge is -2.15. The van der Waals surface area contributed by atoms with E-state index >= 15 is 0 Å². The van der Waals surface area contributed by atoms with Crippen molar-refractivity contribution in [3.8, 4) is 0 Å². The molecule has 2 heterocycles. The monoisotopic (exact) mass is 248 g/mol. The Balaban J connectivity index is 2.08. The van der Waals surface area contributed by atoms with Gasteiger partial charge in [0.1, 0.15) is 11.8 Å². The zero-order chi connectivity index (χ0) is 12.9. The number of aliphatic hydroxyl groups is 2. The minimum atomic E-state index is -0.754. The number of aliphatic hydroxyl groups excluding tert-OH is 2. The van der Waals surface area contributed by atoms with Crippen molar-refractivity contribution in [1.29, 1.82) is 0 Å². The van der Waals surface area contributed by atoms with Gasteiger partial charge in [-0.25, -0.2) is 9.97 Å². The molecule has 0 aromatic carbocycles. The maximum absolute atomic E-state index is 10.1. The lowest BCUT2D eigenvalue weighted by molar-refractivity contribution is 0.0182. The van der Waals surface area contributed by atoms with E-state index in [4.69, 9.17) is 5.73 Å². The Kier molecular flexibility index (Phi) is 2.49. The number of hydrogen-bond donors (Lipinski definition) is 4. The van der Waals surface area contributed by atoms with E-state index in [2.05, 4.69) is 15.0 Å². The number of anilines is 1. The summed E-state index contributed by atoms with van der Waals surface area (Å²) in [6, 6.07) is 0. The summed E-state index contributed by atoms with van der Waals surface area (Å²) in [4.78, 5) is 11.2. The molecular formula is C12H16N4O2. The summed E-state index contributed by atoms with van der Waals surface area (Å²) in [5.74, 6) is 0.361. The van der Waals surface area contributed by atoms with Crippen LogP contribution in [-0.2, 0) is 0 Å². The molecule has 1 fully saturated rings. The number of nitrogens with two attached hydrogens (primary N) is 1. The molecular weight excluding hydrogens is 232 g/mol. The van der Waals surface area contributed by atoms with Crippen LogP contribution in [0.4, 0.5) is 5.82 Å². The van der Waals surface area contributed by atoms with Crippen molar-refractivity contribution in [2.75, 3.05) is 5.73 Å². The molecule has 2 aromatic rings. The van der Waals surface area contributed by atoms with Crippen molar-refractivity contribution in [2.45, 2.75) is 31.5 Å². The second-order valence-corrected chi connectivity index (χ2v) is 5.03. The van der Waals surface area contributed by atoms with Gasteiger partial charge in [-0.15, -0.1) is 0 Å². The van der Waals surface area contributed by atoms with Gasteiger partial charge in [-0.2, -0.15) is 0 Å². The van der Waals surface area contributed by atoms with E-state index < -0.39 is 12.2 Å². The fraction of sp³-hybridized carbons (Fsp3) is 0.500. The molecule has 3 rings (SSSR count). The molecule has 1 aliphatic carbocycles. The van der Waals surface area contributed by atoms with Crippen LogP contribution >= 0.6 is 0 Å². The van der Waals surface area contributed by atoms with Gasteiger partial charge in [0, 0.05) is 17.7 Å². The minimum absolute atomic E-state index is 0.0779. The third kappa shape index (κ3) is 1.49. The highest BCUT2D eigenvalue weighted by atomic mass is 16.3. The van der Waals surface area contributed by atoms with Crippen molar-refractivity contribution in [2.24, 2.45) is 5.92 Å². The molecule has 6 heteroatoms. The van der Waals surface area contributed by atoms with Crippen LogP contribution in [0.15, 0.2) is 12.5 Å². The average molecular weight is 248 g/mol. The highest BCUT2D eigenvalue weighted by Gasteiger charge is 2.40. The van der Waals surface area contributed by atoms with Crippen LogP contribution in [0.3, 0.4) is 0 Å². The number of H-pyrrole nitrogens is 1. The largest absolute Gasteiger partial charge is 0.390 e. The summed E-state index contributed by atoms with van der Waals surface area (Å²) in [5.41, 5.74) is 8.08. The number of aromatic nitrogens is 3. The van der Waals surface area contributed by atoms with E-state index in [1.54, 1.807) is 6.20 Å². The Morgan fingerprint density at radius 2 is 2.11 bits per heavy atom. The molecule has 0 radical (unpaired) electrons. The Morgan fingerprint density at radius 1 is 1.33 bits per heavy atom. The summed E-state index contributed by atoms with van der Waals surface area (Å²) in [6.45, 7) is 1.94. The predicted molar refractivity (Wildman–Crippen MR) is 66.8 cm³/mol. The SMILES string of the molecule is CC1CC(c2c[nH]c3c(N)ncnc23)C(O)C1O. The van der Waals surface area contributed by atoms with Crippen LogP contribution in [0.5, 0.6) is 0 Å². The number of rotatable bonds is 1. The molecule has 0 saturated heterocycles. The molecule has 2 aromatic heterocycles. The van der Waals surface area contributed by atoms with Gasteiger partial charge in [0.25, 0.3) is 0 Å². The third-order valence-electron chi connectivity index (χ3n) is 3.89. The van der Waals surface area contributed by atoms with Crippen molar-refractivity contribution in [3.63, 3.8) is 0 Å². The highest BCUT2D eigenvalue weighted by molar-refractivity contribution is 5.87. The number of aromatic amines is 1. The first-order chi connectivity index (χ1) is 8.59. The van der Waals surface area contributed by atoms with E-state index in [0.29, 0.717) is 11.3 Å². The normalized spacial score (nSPS) is 32.2. The maximum Gasteiger partial charge on any atom is 0.151 e. The summed E-state index contributed by atoms with van der Waals surface area (Å²) >= 11 is 0. The second kappa shape index (κ2) is 3.93. The number of nitrogens with one attached hydrogen (secondary N) is 1. The van der Waals surface area contributed by atoms with E-state index in [1.165, 1.54) is 6.33 Å². The van der Waals surface area contributed by atoms with Gasteiger partial charge in [0.2, 0.25) is 0 Å². The summed E-state index contributed by atoms with van der Waals surface area (Å²) in [6.07, 6.45) is 2.51. The lowest BCUT2D eigenvalue weighted by Crippen LogP contribution is -2.26. The highest BCUT2D eigenvalue weighted by Crippen LogP contribution is 2.41. The molecule has 4 unspecified atom stereocenters. The lowest BCUT2D eigenvalue weighted by atomic mass is 9.96. The standard InChI is InChI=1S/C12H16N4O2/c1-5-2-6(11(18)10(5)17)7-3-14-9-8(7)15-4-16-12(9)13/h3-6,10-11,14,17-18H,2H2,1H3,(H2,13,15,16). The van der Waals surface area contributed by atoms with Gasteiger partial charge in [0.05, 0.1) is 17.7 Å². The molecule has 5 N–H and O–H groups in total. The average Bonchev–Trinajstić information content (AvgIpc) is 2.88. The summed E-state index contributed by atoms with van der Waals surface area (Å²) in [7, 11) is 0. The van der Waals surface area contributed by atoms with Crippen molar-refractivity contribution in [1.82, 2.24) is 15.0 Å². The Labute approximate surface area is 104 Å². The van der Waals surface area contributed by atoms with Gasteiger partial charge in [-0.05, 0) is 12.3 Å². The van der Waals surface area contributed by atoms with E-state index in [9.17, 15) is 10.2 Å². The van der Waals surface area contributed by atoms with Crippen LogP contribution < -0.4 is 5.73 Å². The van der Waals surface area contributed by atoms with Gasteiger partial charge in [-0.3, -0.25) is 0 Å². The summed E-state index contributed by atoms with van der Waals surface area (Å²) in [5, 5.41) is 19.9. The molecule has 0 bridgehead atoms. The number of nitrogen functional groups attached to an aromatic ring is 1. The summed E-state index contributed by atoms with van der Waals surface area (Å²) < 4.78 is 0. The fourth-order valence-corrected chi connectivity index (χ4v) is 2.83.